The Labute approximate surface area is 95.2 Å². The van der Waals surface area contributed by atoms with Crippen LogP contribution >= 0.6 is 0 Å². The minimum Gasteiger partial charge on any atom is -0.337 e. The molecule has 1 fully saturated rings. The number of nitrogens with two attached hydrogens (primary N) is 1. The molecule has 1 aliphatic heterocycles. The first-order valence-electron chi connectivity index (χ1n) is 5.69. The van der Waals surface area contributed by atoms with Crippen molar-refractivity contribution in [2.24, 2.45) is 12.8 Å². The van der Waals surface area contributed by atoms with Gasteiger partial charge in [-0.3, -0.25) is 9.48 Å². The lowest BCUT2D eigenvalue weighted by atomic mass is 10.2. The Hall–Kier alpha value is -1.36. The van der Waals surface area contributed by atoms with Gasteiger partial charge in [0, 0.05) is 32.4 Å². The second-order valence-electron chi connectivity index (χ2n) is 4.32. The van der Waals surface area contributed by atoms with Gasteiger partial charge in [-0.15, -0.1) is 0 Å². The van der Waals surface area contributed by atoms with E-state index in [1.807, 2.05) is 18.9 Å². The molecule has 1 aromatic heterocycles. The molecule has 0 bridgehead atoms. The van der Waals surface area contributed by atoms with E-state index in [4.69, 9.17) is 5.73 Å². The molecule has 0 radical (unpaired) electrons. The average molecular weight is 222 g/mol. The van der Waals surface area contributed by atoms with E-state index in [1.165, 1.54) is 0 Å². The summed E-state index contributed by atoms with van der Waals surface area (Å²) in [5.41, 5.74) is 7.39. The van der Waals surface area contributed by atoms with Crippen LogP contribution in [0.1, 0.15) is 29.4 Å². The maximum atomic E-state index is 12.2. The molecule has 0 aliphatic carbocycles. The molecular formula is C11H18N4O. The van der Waals surface area contributed by atoms with E-state index in [0.717, 1.165) is 30.6 Å². The number of rotatable bonds is 2. The third-order valence-corrected chi connectivity index (χ3v) is 2.98. The van der Waals surface area contributed by atoms with E-state index < -0.39 is 0 Å². The lowest BCUT2D eigenvalue weighted by molar-refractivity contribution is 0.0790. The molecule has 16 heavy (non-hydrogen) atoms. The van der Waals surface area contributed by atoms with Crippen molar-refractivity contribution < 1.29 is 4.79 Å². The maximum Gasteiger partial charge on any atom is 0.257 e. The summed E-state index contributed by atoms with van der Waals surface area (Å²) in [4.78, 5) is 14.0. The molecule has 5 nitrogen and oxygen atoms in total. The summed E-state index contributed by atoms with van der Waals surface area (Å²) in [7, 11) is 1.84. The van der Waals surface area contributed by atoms with Gasteiger partial charge in [0.1, 0.15) is 0 Å². The van der Waals surface area contributed by atoms with Crippen molar-refractivity contribution in [3.63, 3.8) is 0 Å². The normalized spacial score (nSPS) is 20.4. The van der Waals surface area contributed by atoms with Crippen molar-refractivity contribution in [1.29, 1.82) is 0 Å². The smallest absolute Gasteiger partial charge is 0.257 e. The molecule has 1 saturated heterocycles. The number of carbonyl (C=O) groups excluding carboxylic acids is 1. The Morgan fingerprint density at radius 2 is 2.44 bits per heavy atom. The largest absolute Gasteiger partial charge is 0.337 e. The zero-order valence-electron chi connectivity index (χ0n) is 9.81. The molecule has 2 N–H and O–H groups in total. The number of aromatic nitrogens is 2. The Kier molecular flexibility index (Phi) is 2.96. The Balaban J connectivity index is 2.20. The summed E-state index contributed by atoms with van der Waals surface area (Å²) in [5, 5.41) is 4.28. The molecule has 1 unspecified atom stereocenters. The zero-order valence-corrected chi connectivity index (χ0v) is 9.81. The fraction of sp³-hybridized carbons (Fsp3) is 0.636. The number of carbonyl (C=O) groups is 1. The Morgan fingerprint density at radius 3 is 3.00 bits per heavy atom. The van der Waals surface area contributed by atoms with Crippen LogP contribution in [0.15, 0.2) is 6.20 Å². The van der Waals surface area contributed by atoms with Crippen LogP contribution in [0.4, 0.5) is 0 Å². The van der Waals surface area contributed by atoms with Gasteiger partial charge in [0.15, 0.2) is 0 Å². The molecular weight excluding hydrogens is 204 g/mol. The number of likely N-dealkylation sites (tertiary alicyclic amines) is 1. The van der Waals surface area contributed by atoms with E-state index in [-0.39, 0.29) is 11.9 Å². The van der Waals surface area contributed by atoms with E-state index >= 15 is 0 Å². The summed E-state index contributed by atoms with van der Waals surface area (Å²) in [6, 6.07) is 0.130. The topological polar surface area (TPSA) is 64.2 Å². The van der Waals surface area contributed by atoms with E-state index in [2.05, 4.69) is 5.10 Å². The highest BCUT2D eigenvalue weighted by Gasteiger charge is 2.26. The summed E-state index contributed by atoms with van der Waals surface area (Å²) in [6.07, 6.45) is 3.47. The van der Waals surface area contributed by atoms with E-state index in [1.54, 1.807) is 10.9 Å². The number of hydrogen-bond acceptors (Lipinski definition) is 3. The van der Waals surface area contributed by atoms with Gasteiger partial charge in [0.25, 0.3) is 5.91 Å². The van der Waals surface area contributed by atoms with Crippen molar-refractivity contribution in [2.45, 2.75) is 25.8 Å². The molecule has 2 rings (SSSR count). The third kappa shape index (κ3) is 1.95. The molecule has 5 heteroatoms. The monoisotopic (exact) mass is 222 g/mol. The summed E-state index contributed by atoms with van der Waals surface area (Å²) in [6.45, 7) is 3.43. The SMILES string of the molecule is CCc1nn(C)cc1C(=O)N1CCC(N)C1. The predicted octanol–water partition coefficient (Wildman–Crippen LogP) is 0.156. The summed E-state index contributed by atoms with van der Waals surface area (Å²) >= 11 is 0. The van der Waals surface area contributed by atoms with E-state index in [0.29, 0.717) is 6.54 Å². The summed E-state index contributed by atoms with van der Waals surface area (Å²) in [5.74, 6) is 0.0675. The van der Waals surface area contributed by atoms with Crippen LogP contribution in [0.2, 0.25) is 0 Å². The molecule has 2 heterocycles. The summed E-state index contributed by atoms with van der Waals surface area (Å²) < 4.78 is 1.70. The van der Waals surface area contributed by atoms with Gasteiger partial charge >= 0.3 is 0 Å². The average Bonchev–Trinajstić information content (AvgIpc) is 2.83. The first-order chi connectivity index (χ1) is 7.61. The highest BCUT2D eigenvalue weighted by molar-refractivity contribution is 5.95. The van der Waals surface area contributed by atoms with Crippen LogP contribution in [0.25, 0.3) is 0 Å². The predicted molar refractivity (Wildman–Crippen MR) is 61.1 cm³/mol. The molecule has 0 spiro atoms. The third-order valence-electron chi connectivity index (χ3n) is 2.98. The molecule has 1 aromatic rings. The molecule has 1 atom stereocenters. The van der Waals surface area contributed by atoms with Gasteiger partial charge in [-0.1, -0.05) is 6.92 Å². The lowest BCUT2D eigenvalue weighted by Crippen LogP contribution is -2.32. The second-order valence-corrected chi connectivity index (χ2v) is 4.32. The van der Waals surface area contributed by atoms with Crippen molar-refractivity contribution in [3.8, 4) is 0 Å². The fourth-order valence-electron chi connectivity index (χ4n) is 2.12. The van der Waals surface area contributed by atoms with E-state index in [9.17, 15) is 4.79 Å². The second kappa shape index (κ2) is 4.25. The minimum atomic E-state index is 0.0675. The van der Waals surface area contributed by atoms with Gasteiger partial charge in [-0.25, -0.2) is 0 Å². The highest BCUT2D eigenvalue weighted by Crippen LogP contribution is 2.15. The van der Waals surface area contributed by atoms with Crippen LogP contribution in [-0.2, 0) is 13.5 Å². The molecule has 0 saturated carbocycles. The number of nitrogens with zero attached hydrogens (tertiary/aromatic N) is 3. The van der Waals surface area contributed by atoms with Crippen molar-refractivity contribution in [1.82, 2.24) is 14.7 Å². The number of aryl methyl sites for hydroxylation is 2. The van der Waals surface area contributed by atoms with Gasteiger partial charge < -0.3 is 10.6 Å². The highest BCUT2D eigenvalue weighted by atomic mass is 16.2. The lowest BCUT2D eigenvalue weighted by Gasteiger charge is -2.15. The first-order valence-corrected chi connectivity index (χ1v) is 5.69. The van der Waals surface area contributed by atoms with Gasteiger partial charge in [-0.05, 0) is 12.8 Å². The Bertz CT molecular complexity index is 399. The standard InChI is InChI=1S/C11H18N4O/c1-3-10-9(7-14(2)13-10)11(16)15-5-4-8(12)6-15/h7-8H,3-6,12H2,1-2H3. The van der Waals surface area contributed by atoms with Crippen LogP contribution in [0.3, 0.4) is 0 Å². The maximum absolute atomic E-state index is 12.2. The van der Waals surface area contributed by atoms with Crippen LogP contribution in [-0.4, -0.2) is 39.7 Å². The number of hydrogen-bond donors (Lipinski definition) is 1. The van der Waals surface area contributed by atoms with Crippen molar-refractivity contribution in [2.75, 3.05) is 13.1 Å². The van der Waals surface area contributed by atoms with Crippen molar-refractivity contribution >= 4 is 5.91 Å². The molecule has 1 amide bonds. The van der Waals surface area contributed by atoms with Gasteiger partial charge in [-0.2, -0.15) is 5.10 Å². The first kappa shape index (κ1) is 11.1. The zero-order chi connectivity index (χ0) is 11.7. The quantitative estimate of drug-likeness (QED) is 0.775. The van der Waals surface area contributed by atoms with Gasteiger partial charge in [0.2, 0.25) is 0 Å². The van der Waals surface area contributed by atoms with Crippen molar-refractivity contribution in [3.05, 3.63) is 17.5 Å². The van der Waals surface area contributed by atoms with Gasteiger partial charge in [0.05, 0.1) is 11.3 Å². The molecule has 0 aromatic carbocycles. The Morgan fingerprint density at radius 1 is 1.69 bits per heavy atom. The molecule has 88 valence electrons. The van der Waals surface area contributed by atoms with Crippen LogP contribution < -0.4 is 5.73 Å². The van der Waals surface area contributed by atoms with Crippen LogP contribution in [0.5, 0.6) is 0 Å². The fourth-order valence-corrected chi connectivity index (χ4v) is 2.12. The van der Waals surface area contributed by atoms with Crippen LogP contribution in [0, 0.1) is 0 Å². The number of amides is 1. The molecule has 1 aliphatic rings. The minimum absolute atomic E-state index is 0.0675.